The average Bonchev–Trinajstić information content (AvgIpc) is 2.55. The molecule has 130 valence electrons. The van der Waals surface area contributed by atoms with E-state index in [0.717, 1.165) is 16.7 Å². The van der Waals surface area contributed by atoms with Crippen molar-refractivity contribution in [2.75, 3.05) is 0 Å². The van der Waals surface area contributed by atoms with Gasteiger partial charge in [-0.3, -0.25) is 4.79 Å². The molecular weight excluding hydrogens is 316 g/mol. The Morgan fingerprint density at radius 2 is 1.60 bits per heavy atom. The van der Waals surface area contributed by atoms with Crippen molar-refractivity contribution in [3.63, 3.8) is 0 Å². The van der Waals surface area contributed by atoms with E-state index in [-0.39, 0.29) is 28.9 Å². The number of hydrogen-bond acceptors (Lipinski definition) is 4. The van der Waals surface area contributed by atoms with Gasteiger partial charge in [0.1, 0.15) is 5.75 Å². The van der Waals surface area contributed by atoms with Gasteiger partial charge in [0.05, 0.1) is 5.41 Å². The Morgan fingerprint density at radius 3 is 2.20 bits per heavy atom. The van der Waals surface area contributed by atoms with Crippen LogP contribution in [0.5, 0.6) is 17.2 Å². The second kappa shape index (κ2) is 5.66. The van der Waals surface area contributed by atoms with Crippen LogP contribution >= 0.6 is 0 Å². The molecule has 1 atom stereocenters. The first-order chi connectivity index (χ1) is 11.6. The lowest BCUT2D eigenvalue weighted by molar-refractivity contribution is 0.0924. The Morgan fingerprint density at radius 1 is 0.920 bits per heavy atom. The van der Waals surface area contributed by atoms with Crippen LogP contribution < -0.4 is 0 Å². The zero-order chi connectivity index (χ0) is 18.5. The topological polar surface area (TPSA) is 77.8 Å². The summed E-state index contributed by atoms with van der Waals surface area (Å²) < 4.78 is 0. The molecule has 2 aromatic carbocycles. The van der Waals surface area contributed by atoms with E-state index < -0.39 is 5.41 Å². The van der Waals surface area contributed by atoms with E-state index >= 15 is 0 Å². The highest BCUT2D eigenvalue weighted by Crippen LogP contribution is 2.44. The van der Waals surface area contributed by atoms with E-state index in [2.05, 4.69) is 13.8 Å². The molecule has 0 saturated heterocycles. The number of aryl methyl sites for hydroxylation is 1. The predicted molar refractivity (Wildman–Crippen MR) is 97.1 cm³/mol. The summed E-state index contributed by atoms with van der Waals surface area (Å²) in [4.78, 5) is 13.3. The number of allylic oxidation sites excluding steroid dienone is 2. The third-order valence-corrected chi connectivity index (χ3v) is 5.00. The number of fused-ring (bicyclic) bond motifs is 1. The van der Waals surface area contributed by atoms with Gasteiger partial charge in [0.15, 0.2) is 17.3 Å². The molecule has 0 unspecified atom stereocenters. The highest BCUT2D eigenvalue weighted by Gasteiger charge is 2.40. The van der Waals surface area contributed by atoms with Gasteiger partial charge in [-0.25, -0.2) is 0 Å². The fraction of sp³-hybridized carbons (Fsp3) is 0.286. The number of phenolic OH excluding ortho intramolecular Hbond substituents is 3. The van der Waals surface area contributed by atoms with Crippen molar-refractivity contribution in [2.45, 2.75) is 33.1 Å². The number of Topliss-reactive ketones (excluding diaryl/α,β-unsaturated/α-hetero) is 1. The molecule has 0 heterocycles. The van der Waals surface area contributed by atoms with Crippen molar-refractivity contribution in [3.05, 3.63) is 58.7 Å². The molecule has 3 N–H and O–H groups in total. The van der Waals surface area contributed by atoms with Gasteiger partial charge in [0.2, 0.25) is 0 Å². The summed E-state index contributed by atoms with van der Waals surface area (Å²) in [7, 11) is 0. The zero-order valence-corrected chi connectivity index (χ0v) is 14.8. The maximum atomic E-state index is 13.3. The standard InChI is InChI=1S/C21H22O4/c1-11(2)16-10-21(4,13-5-6-17(22)19(24)8-13)20(25)15-9-18(23)12(3)7-14(15)16/h5-11,22-24H,1-4H3/t21-/m1/s1. The Kier molecular flexibility index (Phi) is 3.87. The molecule has 0 fully saturated rings. The Bertz CT molecular complexity index is 908. The van der Waals surface area contributed by atoms with Crippen LogP contribution in [0.4, 0.5) is 0 Å². The number of carbonyl (C=O) groups is 1. The Balaban J connectivity index is 2.29. The first kappa shape index (κ1) is 17.1. The third kappa shape index (κ3) is 2.58. The Labute approximate surface area is 147 Å². The van der Waals surface area contributed by atoms with Crippen LogP contribution in [0.3, 0.4) is 0 Å². The molecule has 0 aromatic heterocycles. The average molecular weight is 338 g/mol. The number of ketones is 1. The number of carbonyl (C=O) groups excluding carboxylic acids is 1. The quantitative estimate of drug-likeness (QED) is 0.713. The second-order valence-corrected chi connectivity index (χ2v) is 7.17. The second-order valence-electron chi connectivity index (χ2n) is 7.17. The van der Waals surface area contributed by atoms with Crippen LogP contribution in [0.2, 0.25) is 0 Å². The summed E-state index contributed by atoms with van der Waals surface area (Å²) in [6.07, 6.45) is 1.94. The number of rotatable bonds is 2. The largest absolute Gasteiger partial charge is 0.508 e. The van der Waals surface area contributed by atoms with Crippen LogP contribution in [-0.2, 0) is 5.41 Å². The van der Waals surface area contributed by atoms with E-state index in [9.17, 15) is 20.1 Å². The van der Waals surface area contributed by atoms with E-state index in [1.165, 1.54) is 18.2 Å². The molecule has 0 amide bonds. The molecule has 0 radical (unpaired) electrons. The molecule has 4 heteroatoms. The molecule has 0 spiro atoms. The summed E-state index contributed by atoms with van der Waals surface area (Å²) in [5.41, 5.74) is 2.67. The van der Waals surface area contributed by atoms with Crippen LogP contribution in [0.1, 0.15) is 47.8 Å². The van der Waals surface area contributed by atoms with Crippen LogP contribution in [-0.4, -0.2) is 21.1 Å². The summed E-state index contributed by atoms with van der Waals surface area (Å²) >= 11 is 0. The lowest BCUT2D eigenvalue weighted by Gasteiger charge is -2.34. The van der Waals surface area contributed by atoms with Gasteiger partial charge in [0.25, 0.3) is 0 Å². The Hall–Kier alpha value is -2.75. The lowest BCUT2D eigenvalue weighted by Crippen LogP contribution is -2.35. The van der Waals surface area contributed by atoms with Crippen molar-refractivity contribution in [2.24, 2.45) is 5.92 Å². The van der Waals surface area contributed by atoms with E-state index in [1.807, 2.05) is 19.1 Å². The minimum absolute atomic E-state index is 0.0907. The van der Waals surface area contributed by atoms with Gasteiger partial charge in [0, 0.05) is 5.56 Å². The van der Waals surface area contributed by atoms with E-state index in [0.29, 0.717) is 11.1 Å². The fourth-order valence-electron chi connectivity index (χ4n) is 3.40. The first-order valence-corrected chi connectivity index (χ1v) is 8.29. The number of aromatic hydroxyl groups is 3. The fourth-order valence-corrected chi connectivity index (χ4v) is 3.40. The van der Waals surface area contributed by atoms with Crippen molar-refractivity contribution in [1.82, 2.24) is 0 Å². The van der Waals surface area contributed by atoms with Crippen molar-refractivity contribution in [1.29, 1.82) is 0 Å². The molecule has 1 aliphatic carbocycles. The number of phenols is 3. The number of hydrogen-bond donors (Lipinski definition) is 3. The van der Waals surface area contributed by atoms with Gasteiger partial charge in [-0.15, -0.1) is 0 Å². The molecule has 2 aromatic rings. The van der Waals surface area contributed by atoms with Crippen LogP contribution in [0, 0.1) is 12.8 Å². The molecular formula is C21H22O4. The van der Waals surface area contributed by atoms with Crippen LogP contribution in [0.15, 0.2) is 36.4 Å². The van der Waals surface area contributed by atoms with Gasteiger partial charge < -0.3 is 15.3 Å². The molecule has 0 aliphatic heterocycles. The summed E-state index contributed by atoms with van der Waals surface area (Å²) in [6.45, 7) is 7.72. The van der Waals surface area contributed by atoms with E-state index in [1.54, 1.807) is 13.0 Å². The smallest absolute Gasteiger partial charge is 0.177 e. The van der Waals surface area contributed by atoms with Gasteiger partial charge >= 0.3 is 0 Å². The third-order valence-electron chi connectivity index (χ3n) is 5.00. The highest BCUT2D eigenvalue weighted by atomic mass is 16.3. The molecule has 0 bridgehead atoms. The van der Waals surface area contributed by atoms with Gasteiger partial charge in [-0.05, 0) is 66.3 Å². The maximum absolute atomic E-state index is 13.3. The van der Waals surface area contributed by atoms with Crippen molar-refractivity contribution >= 4 is 11.4 Å². The molecule has 3 rings (SSSR count). The summed E-state index contributed by atoms with van der Waals surface area (Å²) in [6, 6.07) is 7.82. The highest BCUT2D eigenvalue weighted by molar-refractivity contribution is 6.12. The van der Waals surface area contributed by atoms with Gasteiger partial charge in [-0.2, -0.15) is 0 Å². The zero-order valence-electron chi connectivity index (χ0n) is 14.8. The monoisotopic (exact) mass is 338 g/mol. The SMILES string of the molecule is Cc1cc2c(cc1O)C(=O)[C@@](C)(c1ccc(O)c(O)c1)C=C2C(C)C. The number of benzene rings is 2. The maximum Gasteiger partial charge on any atom is 0.177 e. The first-order valence-electron chi connectivity index (χ1n) is 8.29. The van der Waals surface area contributed by atoms with E-state index in [4.69, 9.17) is 0 Å². The van der Waals surface area contributed by atoms with Crippen molar-refractivity contribution < 1.29 is 20.1 Å². The summed E-state index contributed by atoms with van der Waals surface area (Å²) in [5, 5.41) is 29.5. The molecule has 1 aliphatic rings. The molecule has 0 saturated carbocycles. The minimum Gasteiger partial charge on any atom is -0.508 e. The lowest BCUT2D eigenvalue weighted by atomic mass is 9.68. The predicted octanol–water partition coefficient (Wildman–Crippen LogP) is 4.31. The molecule has 25 heavy (non-hydrogen) atoms. The van der Waals surface area contributed by atoms with Gasteiger partial charge in [-0.1, -0.05) is 26.0 Å². The normalized spacial score (nSPS) is 19.7. The summed E-state index contributed by atoms with van der Waals surface area (Å²) in [5.74, 6) is -0.359. The van der Waals surface area contributed by atoms with Crippen molar-refractivity contribution in [3.8, 4) is 17.2 Å². The molecule has 4 nitrogen and oxygen atoms in total. The van der Waals surface area contributed by atoms with Crippen LogP contribution in [0.25, 0.3) is 5.57 Å². The minimum atomic E-state index is -0.987.